The first-order valence-electron chi connectivity index (χ1n) is 7.32. The Hall–Kier alpha value is -0.870. The minimum absolute atomic E-state index is 0.112. The topological polar surface area (TPSA) is 60.2 Å². The maximum absolute atomic E-state index is 12.7. The quantitative estimate of drug-likeness (QED) is 0.932. The average Bonchev–Trinajstić information content (AvgIpc) is 2.30. The summed E-state index contributed by atoms with van der Waals surface area (Å²) in [7, 11) is -3.18. The molecule has 3 unspecified atom stereocenters. The van der Waals surface area contributed by atoms with Gasteiger partial charge >= 0.3 is 0 Å². The van der Waals surface area contributed by atoms with Gasteiger partial charge in [0.1, 0.15) is 0 Å². The van der Waals surface area contributed by atoms with Gasteiger partial charge in [-0.2, -0.15) is 0 Å². The second-order valence-corrected chi connectivity index (χ2v) is 8.64. The Kier molecular flexibility index (Phi) is 4.55. The highest BCUT2D eigenvalue weighted by molar-refractivity contribution is 7.91. The van der Waals surface area contributed by atoms with Crippen molar-refractivity contribution in [2.75, 3.05) is 0 Å². The lowest BCUT2D eigenvalue weighted by atomic mass is 9.87. The molecule has 1 fully saturated rings. The Morgan fingerprint density at radius 2 is 1.75 bits per heavy atom. The Morgan fingerprint density at radius 1 is 1.15 bits per heavy atom. The first kappa shape index (κ1) is 15.5. The number of rotatable bonds is 3. The van der Waals surface area contributed by atoms with Crippen LogP contribution in [0.3, 0.4) is 0 Å². The van der Waals surface area contributed by atoms with Crippen LogP contribution in [0.1, 0.15) is 42.9 Å². The number of aryl methyl sites for hydroxylation is 2. The van der Waals surface area contributed by atoms with E-state index in [1.165, 1.54) is 0 Å². The highest BCUT2D eigenvalue weighted by Crippen LogP contribution is 2.29. The Balaban J connectivity index is 2.21. The van der Waals surface area contributed by atoms with E-state index in [0.29, 0.717) is 12.3 Å². The van der Waals surface area contributed by atoms with Crippen LogP contribution in [-0.4, -0.2) is 19.7 Å². The molecule has 0 aromatic heterocycles. The number of benzene rings is 1. The highest BCUT2D eigenvalue weighted by Gasteiger charge is 2.35. The number of nitrogens with two attached hydrogens (primary N) is 1. The summed E-state index contributed by atoms with van der Waals surface area (Å²) in [5.74, 6) is 0.564. The van der Waals surface area contributed by atoms with Crippen molar-refractivity contribution in [2.24, 2.45) is 11.7 Å². The second-order valence-electron chi connectivity index (χ2n) is 6.42. The molecule has 3 nitrogen and oxygen atoms in total. The molecular weight excluding hydrogens is 270 g/mol. The normalized spacial score (nSPS) is 27.5. The Morgan fingerprint density at radius 3 is 2.35 bits per heavy atom. The maximum atomic E-state index is 12.7. The molecule has 0 radical (unpaired) electrons. The van der Waals surface area contributed by atoms with E-state index in [4.69, 9.17) is 5.73 Å². The fourth-order valence-corrected chi connectivity index (χ4v) is 5.39. The highest BCUT2D eigenvalue weighted by atomic mass is 32.2. The number of sulfone groups is 1. The fourth-order valence-electron chi connectivity index (χ4n) is 3.26. The second kappa shape index (κ2) is 5.86. The van der Waals surface area contributed by atoms with Crippen LogP contribution in [0.5, 0.6) is 0 Å². The van der Waals surface area contributed by atoms with Gasteiger partial charge in [-0.25, -0.2) is 8.42 Å². The van der Waals surface area contributed by atoms with Gasteiger partial charge < -0.3 is 5.73 Å². The summed E-state index contributed by atoms with van der Waals surface area (Å²) >= 11 is 0. The predicted molar refractivity (Wildman–Crippen MR) is 83.3 cm³/mol. The molecule has 2 rings (SSSR count). The smallest absolute Gasteiger partial charge is 0.158 e. The van der Waals surface area contributed by atoms with Gasteiger partial charge in [-0.15, -0.1) is 0 Å². The minimum Gasteiger partial charge on any atom is -0.327 e. The molecule has 1 aromatic carbocycles. The van der Waals surface area contributed by atoms with E-state index in [1.807, 2.05) is 26.0 Å². The van der Waals surface area contributed by atoms with Crippen molar-refractivity contribution in [2.45, 2.75) is 57.1 Å². The molecule has 1 aliphatic rings. The van der Waals surface area contributed by atoms with Crippen LogP contribution in [0.15, 0.2) is 18.2 Å². The molecule has 4 heteroatoms. The van der Waals surface area contributed by atoms with Gasteiger partial charge in [0, 0.05) is 6.04 Å². The molecule has 0 heterocycles. The van der Waals surface area contributed by atoms with Gasteiger partial charge in [0.25, 0.3) is 0 Å². The molecule has 20 heavy (non-hydrogen) atoms. The standard InChI is InChI=1S/C16H25NO2S/c1-11-4-5-15(17)16(9-11)20(18,19)10-14-7-12(2)6-13(3)8-14/h6-8,11,15-16H,4-5,9-10,17H2,1-3H3. The summed E-state index contributed by atoms with van der Waals surface area (Å²) in [5, 5.41) is -0.382. The minimum atomic E-state index is -3.18. The van der Waals surface area contributed by atoms with E-state index in [2.05, 4.69) is 13.0 Å². The third-order valence-corrected chi connectivity index (χ3v) is 6.42. The first-order valence-corrected chi connectivity index (χ1v) is 9.04. The van der Waals surface area contributed by atoms with Crippen molar-refractivity contribution >= 4 is 9.84 Å². The predicted octanol–water partition coefficient (Wildman–Crippen LogP) is 2.73. The summed E-state index contributed by atoms with van der Waals surface area (Å²) in [4.78, 5) is 0. The van der Waals surface area contributed by atoms with Crippen LogP contribution in [0.4, 0.5) is 0 Å². The van der Waals surface area contributed by atoms with E-state index < -0.39 is 9.84 Å². The van der Waals surface area contributed by atoms with Crippen LogP contribution in [0.2, 0.25) is 0 Å². The van der Waals surface area contributed by atoms with Gasteiger partial charge in [0.05, 0.1) is 11.0 Å². The average molecular weight is 295 g/mol. The lowest BCUT2D eigenvalue weighted by molar-refractivity contribution is 0.346. The summed E-state index contributed by atoms with van der Waals surface area (Å²) in [6, 6.07) is 5.77. The first-order chi connectivity index (χ1) is 9.28. The molecule has 0 spiro atoms. The monoisotopic (exact) mass is 295 g/mol. The van der Waals surface area contributed by atoms with Crippen molar-refractivity contribution in [3.8, 4) is 0 Å². The molecule has 3 atom stereocenters. The molecule has 0 saturated heterocycles. The van der Waals surface area contributed by atoms with Gasteiger partial charge in [-0.3, -0.25) is 0 Å². The van der Waals surface area contributed by atoms with Gasteiger partial charge in [0.2, 0.25) is 0 Å². The molecule has 2 N–H and O–H groups in total. The zero-order valence-corrected chi connectivity index (χ0v) is 13.4. The molecule has 0 aliphatic heterocycles. The number of hydrogen-bond donors (Lipinski definition) is 1. The van der Waals surface area contributed by atoms with E-state index in [1.54, 1.807) is 0 Å². The van der Waals surface area contributed by atoms with Gasteiger partial charge in [-0.05, 0) is 44.6 Å². The zero-order chi connectivity index (χ0) is 14.9. The van der Waals surface area contributed by atoms with E-state index >= 15 is 0 Å². The number of hydrogen-bond acceptors (Lipinski definition) is 3. The lowest BCUT2D eigenvalue weighted by Gasteiger charge is -2.32. The van der Waals surface area contributed by atoms with Crippen molar-refractivity contribution in [1.82, 2.24) is 0 Å². The van der Waals surface area contributed by atoms with Crippen LogP contribution in [0.25, 0.3) is 0 Å². The van der Waals surface area contributed by atoms with Crippen molar-refractivity contribution in [3.63, 3.8) is 0 Å². The Labute approximate surface area is 122 Å². The van der Waals surface area contributed by atoms with Crippen LogP contribution in [-0.2, 0) is 15.6 Å². The molecule has 0 amide bonds. The van der Waals surface area contributed by atoms with Gasteiger partial charge in [0.15, 0.2) is 9.84 Å². The van der Waals surface area contributed by atoms with Crippen LogP contribution < -0.4 is 5.73 Å². The van der Waals surface area contributed by atoms with E-state index in [9.17, 15) is 8.42 Å². The largest absolute Gasteiger partial charge is 0.327 e. The zero-order valence-electron chi connectivity index (χ0n) is 12.6. The van der Waals surface area contributed by atoms with Crippen molar-refractivity contribution < 1.29 is 8.42 Å². The molecular formula is C16H25NO2S. The SMILES string of the molecule is Cc1cc(C)cc(CS(=O)(=O)C2CC(C)CCC2N)c1. The maximum Gasteiger partial charge on any atom is 0.158 e. The molecule has 112 valence electrons. The Bertz CT molecular complexity index is 560. The van der Waals surface area contributed by atoms with Crippen molar-refractivity contribution in [1.29, 1.82) is 0 Å². The third-order valence-electron chi connectivity index (χ3n) is 4.22. The van der Waals surface area contributed by atoms with Crippen molar-refractivity contribution in [3.05, 3.63) is 34.9 Å². The van der Waals surface area contributed by atoms with Crippen LogP contribution >= 0.6 is 0 Å². The summed E-state index contributed by atoms with van der Waals surface area (Å²) in [6.45, 7) is 6.11. The van der Waals surface area contributed by atoms with Gasteiger partial charge in [-0.1, -0.05) is 36.2 Å². The molecule has 1 aliphatic carbocycles. The van der Waals surface area contributed by atoms with E-state index in [0.717, 1.165) is 29.5 Å². The summed E-state index contributed by atoms with van der Waals surface area (Å²) < 4.78 is 25.3. The lowest BCUT2D eigenvalue weighted by Crippen LogP contribution is -2.45. The van der Waals surface area contributed by atoms with E-state index in [-0.39, 0.29) is 17.0 Å². The van der Waals surface area contributed by atoms with Crippen LogP contribution in [0, 0.1) is 19.8 Å². The molecule has 1 saturated carbocycles. The fraction of sp³-hybridized carbons (Fsp3) is 0.625. The molecule has 1 aromatic rings. The summed E-state index contributed by atoms with van der Waals surface area (Å²) in [6.07, 6.45) is 2.56. The molecule has 0 bridgehead atoms. The third kappa shape index (κ3) is 3.61. The summed E-state index contributed by atoms with van der Waals surface area (Å²) in [5.41, 5.74) is 9.16.